The van der Waals surface area contributed by atoms with Crippen LogP contribution in [-0.2, 0) is 6.42 Å². The molecule has 1 aliphatic heterocycles. The first kappa shape index (κ1) is 16.3. The molecule has 3 rings (SSSR count). The van der Waals surface area contributed by atoms with Gasteiger partial charge in [0, 0.05) is 17.9 Å². The molecule has 2 aromatic rings. The lowest BCUT2D eigenvalue weighted by atomic mass is 10.0. The highest BCUT2D eigenvalue weighted by Gasteiger charge is 2.16. The van der Waals surface area contributed by atoms with Gasteiger partial charge in [0.15, 0.2) is 0 Å². The Bertz CT molecular complexity index is 476. The summed E-state index contributed by atoms with van der Waals surface area (Å²) in [6, 6.07) is 19.4. The first-order valence-electron chi connectivity index (χ1n) is 7.86. The van der Waals surface area contributed by atoms with Crippen LogP contribution in [0.1, 0.15) is 39.7 Å². The minimum absolute atomic E-state index is 1.13. The predicted molar refractivity (Wildman–Crippen MR) is 90.9 cm³/mol. The third-order valence-electron chi connectivity index (χ3n) is 3.18. The van der Waals surface area contributed by atoms with Gasteiger partial charge < -0.3 is 4.90 Å². The van der Waals surface area contributed by atoms with Crippen molar-refractivity contribution in [3.8, 4) is 0 Å². The molecule has 0 fully saturated rings. The maximum absolute atomic E-state index is 2.42. The lowest BCUT2D eigenvalue weighted by Gasteiger charge is -2.31. The first-order valence-corrected chi connectivity index (χ1v) is 7.86. The van der Waals surface area contributed by atoms with Crippen molar-refractivity contribution in [3.63, 3.8) is 0 Å². The minimum Gasteiger partial charge on any atom is -0.341 e. The molecule has 0 saturated carbocycles. The molecule has 0 atom stereocenters. The van der Waals surface area contributed by atoms with Crippen LogP contribution in [0.2, 0.25) is 0 Å². The summed E-state index contributed by atoms with van der Waals surface area (Å²) in [4.78, 5) is 2.42. The van der Waals surface area contributed by atoms with Crippen molar-refractivity contribution in [1.29, 1.82) is 0 Å². The topological polar surface area (TPSA) is 3.24 Å². The molecule has 1 heteroatoms. The zero-order valence-corrected chi connectivity index (χ0v) is 13.3. The number of hydrogen-bond acceptors (Lipinski definition) is 1. The molecular formula is C19H27N. The molecule has 2 aromatic carbocycles. The standard InChI is InChI=1S/C15H15N.2C2H6/c1-2-9-14(10-3-1)16-12-6-8-13-7-4-5-11-15(13)16;2*1-2/h1-5,7,9-11H,6,8,12H2;2*1-2H3. The summed E-state index contributed by atoms with van der Waals surface area (Å²) in [5, 5.41) is 0. The van der Waals surface area contributed by atoms with E-state index in [1.165, 1.54) is 29.8 Å². The highest BCUT2D eigenvalue weighted by molar-refractivity contribution is 5.67. The molecule has 0 N–H and O–H groups in total. The summed E-state index contributed by atoms with van der Waals surface area (Å²) >= 11 is 0. The molecule has 0 radical (unpaired) electrons. The third kappa shape index (κ3) is 3.86. The molecule has 0 spiro atoms. The van der Waals surface area contributed by atoms with Crippen LogP contribution in [0.5, 0.6) is 0 Å². The van der Waals surface area contributed by atoms with Gasteiger partial charge in [-0.25, -0.2) is 0 Å². The van der Waals surface area contributed by atoms with Gasteiger partial charge in [-0.05, 0) is 36.6 Å². The summed E-state index contributed by atoms with van der Waals surface area (Å²) < 4.78 is 0. The Hall–Kier alpha value is -1.76. The van der Waals surface area contributed by atoms with Crippen LogP contribution in [0.15, 0.2) is 54.6 Å². The Labute approximate surface area is 124 Å². The predicted octanol–water partition coefficient (Wildman–Crippen LogP) is 5.82. The van der Waals surface area contributed by atoms with E-state index in [9.17, 15) is 0 Å². The van der Waals surface area contributed by atoms with Gasteiger partial charge in [-0.2, -0.15) is 0 Å². The number of rotatable bonds is 1. The second-order valence-corrected chi connectivity index (χ2v) is 4.22. The third-order valence-corrected chi connectivity index (χ3v) is 3.18. The van der Waals surface area contributed by atoms with Crippen LogP contribution < -0.4 is 4.90 Å². The lowest BCUT2D eigenvalue weighted by Crippen LogP contribution is -2.24. The van der Waals surface area contributed by atoms with E-state index in [1.54, 1.807) is 0 Å². The molecule has 0 amide bonds. The molecule has 0 saturated heterocycles. The molecule has 0 aromatic heterocycles. The van der Waals surface area contributed by atoms with E-state index in [1.807, 2.05) is 27.7 Å². The summed E-state index contributed by atoms with van der Waals surface area (Å²) in [6.45, 7) is 9.13. The SMILES string of the molecule is CC.CC.c1ccc(N2CCCc3ccccc32)cc1. The lowest BCUT2D eigenvalue weighted by molar-refractivity contribution is 0.767. The van der Waals surface area contributed by atoms with Gasteiger partial charge in [0.05, 0.1) is 0 Å². The van der Waals surface area contributed by atoms with Crippen LogP contribution in [0.4, 0.5) is 11.4 Å². The number of anilines is 2. The number of fused-ring (bicyclic) bond motifs is 1. The van der Waals surface area contributed by atoms with Crippen LogP contribution in [0, 0.1) is 0 Å². The van der Waals surface area contributed by atoms with Crippen LogP contribution in [0.3, 0.4) is 0 Å². The normalized spacial score (nSPS) is 12.3. The van der Waals surface area contributed by atoms with Gasteiger partial charge >= 0.3 is 0 Å². The Morgan fingerprint density at radius 3 is 2.05 bits per heavy atom. The zero-order chi connectivity index (χ0) is 14.8. The van der Waals surface area contributed by atoms with Gasteiger partial charge in [0.1, 0.15) is 0 Å². The fourth-order valence-corrected chi connectivity index (χ4v) is 2.41. The van der Waals surface area contributed by atoms with Crippen molar-refractivity contribution in [2.45, 2.75) is 40.5 Å². The van der Waals surface area contributed by atoms with E-state index >= 15 is 0 Å². The quantitative estimate of drug-likeness (QED) is 0.630. The fraction of sp³-hybridized carbons (Fsp3) is 0.368. The largest absolute Gasteiger partial charge is 0.341 e. The van der Waals surface area contributed by atoms with E-state index in [-0.39, 0.29) is 0 Å². The van der Waals surface area contributed by atoms with Gasteiger partial charge in [0.2, 0.25) is 0 Å². The van der Waals surface area contributed by atoms with E-state index in [4.69, 9.17) is 0 Å². The maximum Gasteiger partial charge on any atom is 0.0443 e. The molecule has 20 heavy (non-hydrogen) atoms. The average molecular weight is 269 g/mol. The van der Waals surface area contributed by atoms with E-state index in [2.05, 4.69) is 59.5 Å². The fourth-order valence-electron chi connectivity index (χ4n) is 2.41. The van der Waals surface area contributed by atoms with E-state index < -0.39 is 0 Å². The number of para-hydroxylation sites is 2. The van der Waals surface area contributed by atoms with Crippen molar-refractivity contribution in [3.05, 3.63) is 60.2 Å². The Morgan fingerprint density at radius 2 is 1.35 bits per heavy atom. The molecule has 0 unspecified atom stereocenters. The summed E-state index contributed by atoms with van der Waals surface area (Å²) in [7, 11) is 0. The molecule has 1 nitrogen and oxygen atoms in total. The van der Waals surface area contributed by atoms with Crippen LogP contribution in [-0.4, -0.2) is 6.54 Å². The Balaban J connectivity index is 0.000000461. The minimum atomic E-state index is 1.13. The van der Waals surface area contributed by atoms with Crippen molar-refractivity contribution in [1.82, 2.24) is 0 Å². The van der Waals surface area contributed by atoms with Gasteiger partial charge in [-0.3, -0.25) is 0 Å². The van der Waals surface area contributed by atoms with Gasteiger partial charge in [-0.1, -0.05) is 64.1 Å². The smallest absolute Gasteiger partial charge is 0.0443 e. The molecule has 1 heterocycles. The summed E-state index contributed by atoms with van der Waals surface area (Å²) in [5.41, 5.74) is 4.15. The zero-order valence-electron chi connectivity index (χ0n) is 13.3. The number of aryl methyl sites for hydroxylation is 1. The molecule has 0 bridgehead atoms. The maximum atomic E-state index is 2.42. The van der Waals surface area contributed by atoms with Crippen molar-refractivity contribution in [2.75, 3.05) is 11.4 Å². The number of benzene rings is 2. The van der Waals surface area contributed by atoms with Gasteiger partial charge in [0.25, 0.3) is 0 Å². The summed E-state index contributed by atoms with van der Waals surface area (Å²) in [5.74, 6) is 0. The monoisotopic (exact) mass is 269 g/mol. The second kappa shape index (κ2) is 9.19. The molecule has 1 aliphatic rings. The van der Waals surface area contributed by atoms with Crippen molar-refractivity contribution >= 4 is 11.4 Å². The Kier molecular flexibility index (Phi) is 7.49. The highest BCUT2D eigenvalue weighted by Crippen LogP contribution is 2.32. The van der Waals surface area contributed by atoms with E-state index in [0.717, 1.165) is 6.54 Å². The summed E-state index contributed by atoms with van der Waals surface area (Å²) in [6.07, 6.45) is 2.45. The Morgan fingerprint density at radius 1 is 0.750 bits per heavy atom. The number of hydrogen-bond donors (Lipinski definition) is 0. The highest BCUT2D eigenvalue weighted by atomic mass is 15.1. The molecule has 0 aliphatic carbocycles. The van der Waals surface area contributed by atoms with Gasteiger partial charge in [-0.15, -0.1) is 0 Å². The first-order chi connectivity index (χ1) is 9.95. The van der Waals surface area contributed by atoms with Crippen LogP contribution in [0.25, 0.3) is 0 Å². The van der Waals surface area contributed by atoms with Crippen molar-refractivity contribution < 1.29 is 0 Å². The molecular weight excluding hydrogens is 242 g/mol. The van der Waals surface area contributed by atoms with E-state index in [0.29, 0.717) is 0 Å². The number of nitrogens with zero attached hydrogens (tertiary/aromatic N) is 1. The van der Waals surface area contributed by atoms with Crippen LogP contribution >= 0.6 is 0 Å². The second-order valence-electron chi connectivity index (χ2n) is 4.22. The average Bonchev–Trinajstić information content (AvgIpc) is 2.59. The van der Waals surface area contributed by atoms with Crippen molar-refractivity contribution in [2.24, 2.45) is 0 Å². The molecule has 108 valence electrons.